The molecule has 0 radical (unpaired) electrons. The molecule has 0 aliphatic heterocycles. The standard InChI is InChI=1S/C8H17NO5S/c1-6(2)7(4-14-3)9-15(12,13)5-8(10)11/h6-7,9H,4-5H2,1-3H3,(H,10,11). The van der Waals surface area contributed by atoms with Gasteiger partial charge in [0.05, 0.1) is 6.61 Å². The van der Waals surface area contributed by atoms with E-state index in [9.17, 15) is 13.2 Å². The van der Waals surface area contributed by atoms with Crippen molar-refractivity contribution in [2.24, 2.45) is 5.92 Å². The van der Waals surface area contributed by atoms with Gasteiger partial charge in [-0.05, 0) is 5.92 Å². The van der Waals surface area contributed by atoms with Crippen LogP contribution in [0.25, 0.3) is 0 Å². The highest BCUT2D eigenvalue weighted by Crippen LogP contribution is 2.03. The quantitative estimate of drug-likeness (QED) is 0.634. The molecule has 1 unspecified atom stereocenters. The average molecular weight is 239 g/mol. The van der Waals surface area contributed by atoms with E-state index >= 15 is 0 Å². The molecule has 0 amide bonds. The Hall–Kier alpha value is -0.660. The van der Waals surface area contributed by atoms with Gasteiger partial charge < -0.3 is 9.84 Å². The van der Waals surface area contributed by atoms with Crippen molar-refractivity contribution in [1.29, 1.82) is 0 Å². The molecular weight excluding hydrogens is 222 g/mol. The molecule has 0 saturated carbocycles. The monoisotopic (exact) mass is 239 g/mol. The Morgan fingerprint density at radius 2 is 2.00 bits per heavy atom. The van der Waals surface area contributed by atoms with E-state index in [-0.39, 0.29) is 12.5 Å². The zero-order valence-corrected chi connectivity index (χ0v) is 9.87. The van der Waals surface area contributed by atoms with Crippen molar-refractivity contribution in [2.75, 3.05) is 19.5 Å². The maximum atomic E-state index is 11.3. The van der Waals surface area contributed by atoms with Crippen LogP contribution in [0.3, 0.4) is 0 Å². The molecule has 0 heterocycles. The highest BCUT2D eigenvalue weighted by atomic mass is 32.2. The van der Waals surface area contributed by atoms with E-state index in [1.165, 1.54) is 7.11 Å². The molecule has 0 aromatic carbocycles. The number of rotatable bonds is 7. The van der Waals surface area contributed by atoms with Gasteiger partial charge in [0.2, 0.25) is 10.0 Å². The second kappa shape index (κ2) is 6.04. The summed E-state index contributed by atoms with van der Waals surface area (Å²) in [5.74, 6) is -2.25. The lowest BCUT2D eigenvalue weighted by Crippen LogP contribution is -2.43. The summed E-state index contributed by atoms with van der Waals surface area (Å²) in [7, 11) is -2.32. The van der Waals surface area contributed by atoms with Crippen LogP contribution in [0.4, 0.5) is 0 Å². The van der Waals surface area contributed by atoms with Crippen molar-refractivity contribution in [1.82, 2.24) is 4.72 Å². The van der Waals surface area contributed by atoms with E-state index in [4.69, 9.17) is 9.84 Å². The summed E-state index contributed by atoms with van der Waals surface area (Å²) in [6.07, 6.45) is 0. The van der Waals surface area contributed by atoms with Gasteiger partial charge >= 0.3 is 5.97 Å². The molecule has 6 nitrogen and oxygen atoms in total. The van der Waals surface area contributed by atoms with E-state index in [1.807, 2.05) is 13.8 Å². The SMILES string of the molecule is COCC(NS(=O)(=O)CC(=O)O)C(C)C. The summed E-state index contributed by atoms with van der Waals surface area (Å²) in [6, 6.07) is -0.403. The molecule has 7 heteroatoms. The molecule has 90 valence electrons. The second-order valence-corrected chi connectivity index (χ2v) is 5.33. The van der Waals surface area contributed by atoms with Crippen LogP contribution in [0.15, 0.2) is 0 Å². The minimum Gasteiger partial charge on any atom is -0.480 e. The number of carboxylic acids is 1. The van der Waals surface area contributed by atoms with Crippen molar-refractivity contribution in [3.63, 3.8) is 0 Å². The molecule has 0 spiro atoms. The zero-order valence-electron chi connectivity index (χ0n) is 9.06. The Balaban J connectivity index is 4.45. The van der Waals surface area contributed by atoms with Gasteiger partial charge in [-0.1, -0.05) is 13.8 Å². The summed E-state index contributed by atoms with van der Waals surface area (Å²) < 4.78 is 29.7. The average Bonchev–Trinajstić information content (AvgIpc) is 2.00. The highest BCUT2D eigenvalue weighted by Gasteiger charge is 2.22. The molecular formula is C8H17NO5S. The molecule has 0 rings (SSSR count). The first-order valence-corrected chi connectivity index (χ1v) is 6.14. The normalized spacial score (nSPS) is 14.1. The second-order valence-electron chi connectivity index (χ2n) is 3.58. The molecule has 0 aromatic rings. The molecule has 0 saturated heterocycles. The molecule has 1 atom stereocenters. The number of carboxylic acid groups (broad SMARTS) is 1. The summed E-state index contributed by atoms with van der Waals surface area (Å²) in [5.41, 5.74) is 0. The fourth-order valence-electron chi connectivity index (χ4n) is 0.977. The van der Waals surface area contributed by atoms with Gasteiger partial charge in [0, 0.05) is 13.2 Å². The molecule has 2 N–H and O–H groups in total. The summed E-state index contributed by atoms with van der Waals surface area (Å²) in [6.45, 7) is 3.87. The Kier molecular flexibility index (Phi) is 5.77. The van der Waals surface area contributed by atoms with Crippen LogP contribution in [-0.4, -0.2) is 45.0 Å². The smallest absolute Gasteiger partial charge is 0.320 e. The molecule has 0 aliphatic carbocycles. The molecule has 0 bridgehead atoms. The third-order valence-corrected chi connectivity index (χ3v) is 3.08. The van der Waals surface area contributed by atoms with Crippen LogP contribution in [0, 0.1) is 5.92 Å². The Morgan fingerprint density at radius 3 is 2.33 bits per heavy atom. The van der Waals surface area contributed by atoms with Crippen molar-refractivity contribution in [3.8, 4) is 0 Å². The van der Waals surface area contributed by atoms with Gasteiger partial charge in [0.1, 0.15) is 0 Å². The minimum atomic E-state index is -3.78. The predicted molar refractivity (Wildman–Crippen MR) is 55.1 cm³/mol. The van der Waals surface area contributed by atoms with Gasteiger partial charge in [0.15, 0.2) is 5.75 Å². The Morgan fingerprint density at radius 1 is 1.47 bits per heavy atom. The van der Waals surface area contributed by atoms with Crippen LogP contribution in [0.2, 0.25) is 0 Å². The first-order chi connectivity index (χ1) is 6.78. The number of methoxy groups -OCH3 is 1. The number of nitrogens with one attached hydrogen (secondary N) is 1. The van der Waals surface area contributed by atoms with Crippen LogP contribution in [0.5, 0.6) is 0 Å². The number of hydrogen-bond acceptors (Lipinski definition) is 4. The number of carbonyl (C=O) groups is 1. The zero-order chi connectivity index (χ0) is 12.1. The molecule has 15 heavy (non-hydrogen) atoms. The van der Waals surface area contributed by atoms with Crippen LogP contribution in [0.1, 0.15) is 13.8 Å². The topological polar surface area (TPSA) is 92.7 Å². The molecule has 0 fully saturated rings. The number of hydrogen-bond donors (Lipinski definition) is 2. The molecule has 0 aromatic heterocycles. The van der Waals surface area contributed by atoms with Gasteiger partial charge in [0.25, 0.3) is 0 Å². The summed E-state index contributed by atoms with van der Waals surface area (Å²) in [4.78, 5) is 10.3. The maximum absolute atomic E-state index is 11.3. The predicted octanol–water partition coefficient (Wildman–Crippen LogP) is -0.339. The fourth-order valence-corrected chi connectivity index (χ4v) is 2.19. The van der Waals surface area contributed by atoms with E-state index in [0.717, 1.165) is 0 Å². The Bertz CT molecular complexity index is 298. The number of aliphatic carboxylic acids is 1. The Labute approximate surface area is 89.7 Å². The highest BCUT2D eigenvalue weighted by molar-refractivity contribution is 7.90. The maximum Gasteiger partial charge on any atom is 0.320 e. The fraction of sp³-hybridized carbons (Fsp3) is 0.875. The lowest BCUT2D eigenvalue weighted by molar-refractivity contribution is -0.134. The number of ether oxygens (including phenoxy) is 1. The lowest BCUT2D eigenvalue weighted by atomic mass is 10.1. The minimum absolute atomic E-state index is 0.0357. The van der Waals surface area contributed by atoms with E-state index < -0.39 is 27.8 Å². The summed E-state index contributed by atoms with van der Waals surface area (Å²) >= 11 is 0. The van der Waals surface area contributed by atoms with E-state index in [0.29, 0.717) is 0 Å². The third kappa shape index (κ3) is 6.43. The third-order valence-electron chi connectivity index (χ3n) is 1.80. The van der Waals surface area contributed by atoms with Crippen LogP contribution < -0.4 is 4.72 Å². The first-order valence-electron chi connectivity index (χ1n) is 4.49. The van der Waals surface area contributed by atoms with Gasteiger partial charge in [-0.25, -0.2) is 13.1 Å². The first kappa shape index (κ1) is 14.3. The van der Waals surface area contributed by atoms with Gasteiger partial charge in [-0.3, -0.25) is 4.79 Å². The van der Waals surface area contributed by atoms with E-state index in [1.54, 1.807) is 0 Å². The van der Waals surface area contributed by atoms with Crippen molar-refractivity contribution in [2.45, 2.75) is 19.9 Å². The molecule has 0 aliphatic rings. The number of sulfonamides is 1. The van der Waals surface area contributed by atoms with Crippen molar-refractivity contribution in [3.05, 3.63) is 0 Å². The van der Waals surface area contributed by atoms with Crippen LogP contribution in [-0.2, 0) is 19.6 Å². The van der Waals surface area contributed by atoms with Crippen molar-refractivity contribution < 1.29 is 23.1 Å². The van der Waals surface area contributed by atoms with Crippen molar-refractivity contribution >= 4 is 16.0 Å². The van der Waals surface area contributed by atoms with Gasteiger partial charge in [-0.15, -0.1) is 0 Å². The van der Waals surface area contributed by atoms with Gasteiger partial charge in [-0.2, -0.15) is 0 Å². The lowest BCUT2D eigenvalue weighted by Gasteiger charge is -2.20. The van der Waals surface area contributed by atoms with Crippen LogP contribution >= 0.6 is 0 Å². The summed E-state index contributed by atoms with van der Waals surface area (Å²) in [5, 5.41) is 8.38. The van der Waals surface area contributed by atoms with E-state index in [2.05, 4.69) is 4.72 Å². The largest absolute Gasteiger partial charge is 0.480 e.